The molecule has 1 aromatic carbocycles. The smallest absolute Gasteiger partial charge is 0.254 e. The van der Waals surface area contributed by atoms with Crippen LogP contribution in [0.1, 0.15) is 23.7 Å². The van der Waals surface area contributed by atoms with Gasteiger partial charge >= 0.3 is 0 Å². The molecule has 1 N–H and O–H groups in total. The normalized spacial score (nSPS) is 11.6. The maximum atomic E-state index is 12.0. The molecule has 1 aromatic heterocycles. The van der Waals surface area contributed by atoms with Crippen molar-refractivity contribution in [3.05, 3.63) is 60.3 Å². The number of benzene rings is 1. The first-order valence-corrected chi connectivity index (χ1v) is 6.23. The lowest BCUT2D eigenvalue weighted by molar-refractivity contribution is 0.0815. The summed E-state index contributed by atoms with van der Waals surface area (Å²) in [5, 5.41) is 2.83. The molecule has 1 atom stereocenters. The van der Waals surface area contributed by atoms with Crippen LogP contribution in [0.25, 0.3) is 0 Å². The molecule has 0 fully saturated rings. The monoisotopic (exact) mass is 256 g/mol. The highest BCUT2D eigenvalue weighted by Crippen LogP contribution is 2.08. The van der Waals surface area contributed by atoms with Crippen molar-refractivity contribution in [3.8, 4) is 5.88 Å². The zero-order valence-electron chi connectivity index (χ0n) is 10.7. The van der Waals surface area contributed by atoms with Gasteiger partial charge in [0.2, 0.25) is 5.88 Å². The van der Waals surface area contributed by atoms with Crippen LogP contribution in [0.2, 0.25) is 0 Å². The van der Waals surface area contributed by atoms with Crippen LogP contribution < -0.4 is 10.1 Å². The third-order valence-corrected chi connectivity index (χ3v) is 2.60. The number of hydrogen-bond donors (Lipinski definition) is 1. The van der Waals surface area contributed by atoms with Crippen molar-refractivity contribution < 1.29 is 9.53 Å². The van der Waals surface area contributed by atoms with Crippen LogP contribution in [0.5, 0.6) is 5.88 Å². The number of carbonyl (C=O) groups excluding carboxylic acids is 1. The molecule has 0 aliphatic carbocycles. The van der Waals surface area contributed by atoms with E-state index in [0.29, 0.717) is 17.9 Å². The maximum Gasteiger partial charge on any atom is 0.254 e. The van der Waals surface area contributed by atoms with Gasteiger partial charge in [-0.15, -0.1) is 0 Å². The predicted molar refractivity (Wildman–Crippen MR) is 72.9 cm³/mol. The SMILES string of the molecule is CCC(NC(=O)c1ccccc1)Oc1ccccn1. The van der Waals surface area contributed by atoms with Gasteiger partial charge in [0, 0.05) is 24.2 Å². The van der Waals surface area contributed by atoms with Crippen molar-refractivity contribution in [2.45, 2.75) is 19.6 Å². The van der Waals surface area contributed by atoms with Gasteiger partial charge in [-0.3, -0.25) is 4.79 Å². The maximum absolute atomic E-state index is 12.0. The second-order valence-electron chi connectivity index (χ2n) is 4.02. The van der Waals surface area contributed by atoms with Gasteiger partial charge in [-0.25, -0.2) is 4.98 Å². The van der Waals surface area contributed by atoms with Crippen LogP contribution in [0.3, 0.4) is 0 Å². The Labute approximate surface area is 112 Å². The summed E-state index contributed by atoms with van der Waals surface area (Å²) in [6.45, 7) is 1.94. The predicted octanol–water partition coefficient (Wildman–Crippen LogP) is 2.63. The molecule has 0 aliphatic rings. The summed E-state index contributed by atoms with van der Waals surface area (Å²) in [6.07, 6.45) is 1.93. The largest absolute Gasteiger partial charge is 0.454 e. The third-order valence-electron chi connectivity index (χ3n) is 2.60. The van der Waals surface area contributed by atoms with Crippen molar-refractivity contribution in [2.75, 3.05) is 0 Å². The third kappa shape index (κ3) is 3.81. The summed E-state index contributed by atoms with van der Waals surface area (Å²) in [4.78, 5) is 16.1. The number of carbonyl (C=O) groups is 1. The Kier molecular flexibility index (Phi) is 4.50. The number of rotatable bonds is 5. The number of nitrogens with zero attached hydrogens (tertiary/aromatic N) is 1. The van der Waals surface area contributed by atoms with Crippen LogP contribution in [-0.2, 0) is 0 Å². The highest BCUT2D eigenvalue weighted by molar-refractivity contribution is 5.94. The Morgan fingerprint density at radius 3 is 2.58 bits per heavy atom. The zero-order chi connectivity index (χ0) is 13.5. The second-order valence-corrected chi connectivity index (χ2v) is 4.02. The lowest BCUT2D eigenvalue weighted by atomic mass is 10.2. The van der Waals surface area contributed by atoms with Gasteiger partial charge in [-0.1, -0.05) is 31.2 Å². The van der Waals surface area contributed by atoms with E-state index >= 15 is 0 Å². The Balaban J connectivity index is 1.98. The first-order valence-electron chi connectivity index (χ1n) is 6.23. The van der Waals surface area contributed by atoms with E-state index in [1.165, 1.54) is 0 Å². The fraction of sp³-hybridized carbons (Fsp3) is 0.200. The first-order chi connectivity index (χ1) is 9.29. The van der Waals surface area contributed by atoms with E-state index < -0.39 is 0 Å². The standard InChI is InChI=1S/C15H16N2O2/c1-2-13(19-14-10-6-7-11-16-14)17-15(18)12-8-4-3-5-9-12/h3-11,13H,2H2,1H3,(H,17,18). The van der Waals surface area contributed by atoms with E-state index in [1.807, 2.05) is 37.3 Å². The number of ether oxygens (including phenoxy) is 1. The van der Waals surface area contributed by atoms with Crippen molar-refractivity contribution in [1.82, 2.24) is 10.3 Å². The fourth-order valence-corrected chi connectivity index (χ4v) is 1.60. The fourth-order valence-electron chi connectivity index (χ4n) is 1.60. The molecule has 1 heterocycles. The van der Waals surface area contributed by atoms with Crippen molar-refractivity contribution in [1.29, 1.82) is 0 Å². The molecule has 2 aromatic rings. The molecular formula is C15H16N2O2. The van der Waals surface area contributed by atoms with Gasteiger partial charge in [0.25, 0.3) is 5.91 Å². The summed E-state index contributed by atoms with van der Waals surface area (Å²) in [5.74, 6) is 0.353. The minimum Gasteiger partial charge on any atom is -0.454 e. The molecule has 4 nitrogen and oxygen atoms in total. The van der Waals surface area contributed by atoms with Gasteiger partial charge < -0.3 is 10.1 Å². The van der Waals surface area contributed by atoms with Gasteiger partial charge in [0.1, 0.15) is 0 Å². The molecule has 0 bridgehead atoms. The van der Waals surface area contributed by atoms with E-state index in [4.69, 9.17) is 4.74 Å². The number of pyridine rings is 1. The Bertz CT molecular complexity index is 514. The highest BCUT2D eigenvalue weighted by Gasteiger charge is 2.13. The van der Waals surface area contributed by atoms with E-state index in [0.717, 1.165) is 0 Å². The average molecular weight is 256 g/mol. The summed E-state index contributed by atoms with van der Waals surface area (Å²) >= 11 is 0. The lowest BCUT2D eigenvalue weighted by Crippen LogP contribution is -2.38. The first kappa shape index (κ1) is 13.1. The summed E-state index contributed by atoms with van der Waals surface area (Å²) in [6, 6.07) is 14.5. The summed E-state index contributed by atoms with van der Waals surface area (Å²) < 4.78 is 5.61. The van der Waals surface area contributed by atoms with Gasteiger partial charge in [-0.05, 0) is 18.2 Å². The van der Waals surface area contributed by atoms with Crippen molar-refractivity contribution in [2.24, 2.45) is 0 Å². The number of aromatic nitrogens is 1. The second kappa shape index (κ2) is 6.54. The molecule has 1 amide bonds. The molecule has 2 rings (SSSR count). The number of nitrogens with one attached hydrogen (secondary N) is 1. The molecular weight excluding hydrogens is 240 g/mol. The van der Waals surface area contributed by atoms with Crippen molar-refractivity contribution >= 4 is 5.91 Å². The average Bonchev–Trinajstić information content (AvgIpc) is 2.48. The minimum atomic E-state index is -0.386. The number of hydrogen-bond acceptors (Lipinski definition) is 3. The van der Waals surface area contributed by atoms with Gasteiger partial charge in [-0.2, -0.15) is 0 Å². The Morgan fingerprint density at radius 2 is 1.95 bits per heavy atom. The van der Waals surface area contributed by atoms with Crippen LogP contribution in [0.4, 0.5) is 0 Å². The molecule has 4 heteroatoms. The van der Waals surface area contributed by atoms with Crippen LogP contribution in [-0.4, -0.2) is 17.1 Å². The van der Waals surface area contributed by atoms with Crippen LogP contribution >= 0.6 is 0 Å². The molecule has 1 unspecified atom stereocenters. The molecule has 0 saturated carbocycles. The van der Waals surface area contributed by atoms with E-state index in [9.17, 15) is 4.79 Å². The van der Waals surface area contributed by atoms with Crippen LogP contribution in [0.15, 0.2) is 54.7 Å². The van der Waals surface area contributed by atoms with Crippen LogP contribution in [0, 0.1) is 0 Å². The van der Waals surface area contributed by atoms with Crippen molar-refractivity contribution in [3.63, 3.8) is 0 Å². The summed E-state index contributed by atoms with van der Waals surface area (Å²) in [5.41, 5.74) is 0.616. The lowest BCUT2D eigenvalue weighted by Gasteiger charge is -2.18. The molecule has 19 heavy (non-hydrogen) atoms. The molecule has 0 spiro atoms. The van der Waals surface area contributed by atoms with E-state index in [1.54, 1.807) is 24.4 Å². The van der Waals surface area contributed by atoms with Gasteiger partial charge in [0.15, 0.2) is 6.23 Å². The molecule has 0 radical (unpaired) electrons. The molecule has 98 valence electrons. The zero-order valence-corrected chi connectivity index (χ0v) is 10.7. The quantitative estimate of drug-likeness (QED) is 0.837. The van der Waals surface area contributed by atoms with Gasteiger partial charge in [0.05, 0.1) is 0 Å². The minimum absolute atomic E-state index is 0.150. The summed E-state index contributed by atoms with van der Waals surface area (Å²) in [7, 11) is 0. The topological polar surface area (TPSA) is 51.2 Å². The molecule has 0 saturated heterocycles. The molecule has 0 aliphatic heterocycles. The Morgan fingerprint density at radius 1 is 1.21 bits per heavy atom. The Hall–Kier alpha value is -2.36. The number of amides is 1. The van der Waals surface area contributed by atoms with E-state index in [2.05, 4.69) is 10.3 Å². The highest BCUT2D eigenvalue weighted by atomic mass is 16.5. The van der Waals surface area contributed by atoms with E-state index in [-0.39, 0.29) is 12.1 Å².